The first-order valence-electron chi connectivity index (χ1n) is 9.80. The van der Waals surface area contributed by atoms with Gasteiger partial charge in [0, 0.05) is 29.9 Å². The minimum Gasteiger partial charge on any atom is -0.487 e. The van der Waals surface area contributed by atoms with Crippen molar-refractivity contribution in [3.63, 3.8) is 0 Å². The number of carboxylic acid groups (broad SMARTS) is 1. The summed E-state index contributed by atoms with van der Waals surface area (Å²) in [6.45, 7) is 0.508. The number of aliphatic carboxylic acids is 1. The lowest BCUT2D eigenvalue weighted by molar-refractivity contribution is -0.139. The Bertz CT molecular complexity index is 1020. The number of rotatable bonds is 9. The third kappa shape index (κ3) is 4.46. The summed E-state index contributed by atoms with van der Waals surface area (Å²) in [4.78, 5) is 10.8. The highest BCUT2D eigenvalue weighted by Crippen LogP contribution is 2.37. The fraction of sp³-hybridized carbons (Fsp3) is 0.304. The molecule has 1 aliphatic rings. The Morgan fingerprint density at radius 2 is 1.73 bits per heavy atom. The van der Waals surface area contributed by atoms with Gasteiger partial charge in [-0.05, 0) is 37.0 Å². The Morgan fingerprint density at radius 1 is 1.03 bits per heavy atom. The summed E-state index contributed by atoms with van der Waals surface area (Å²) in [5.41, 5.74) is 4.84. The van der Waals surface area contributed by atoms with Crippen molar-refractivity contribution in [1.29, 1.82) is 0 Å². The molecule has 0 saturated heterocycles. The molecule has 0 amide bonds. The zero-order valence-electron chi connectivity index (χ0n) is 16.7. The highest BCUT2D eigenvalue weighted by atomic mass is 16.5. The minimum absolute atomic E-state index is 0.285. The number of nitrogens with zero attached hydrogens (tertiary/aromatic N) is 1. The van der Waals surface area contributed by atoms with Crippen molar-refractivity contribution in [3.05, 3.63) is 64.8 Å². The van der Waals surface area contributed by atoms with E-state index in [2.05, 4.69) is 5.16 Å². The summed E-state index contributed by atoms with van der Waals surface area (Å²) in [5.74, 6) is 1.09. The SMILES string of the molecule is COCc1ccc(-c2cc(COc3ccc(OCC(=O)O)c4c3CCC4)no2)cc1. The van der Waals surface area contributed by atoms with Crippen LogP contribution in [0, 0.1) is 0 Å². The van der Waals surface area contributed by atoms with Gasteiger partial charge in [0.25, 0.3) is 0 Å². The lowest BCUT2D eigenvalue weighted by atomic mass is 10.1. The molecule has 0 bridgehead atoms. The molecule has 7 nitrogen and oxygen atoms in total. The third-order valence-corrected chi connectivity index (χ3v) is 5.03. The minimum atomic E-state index is -0.989. The first kappa shape index (κ1) is 20.0. The van der Waals surface area contributed by atoms with Gasteiger partial charge in [-0.15, -0.1) is 0 Å². The van der Waals surface area contributed by atoms with E-state index in [4.69, 9.17) is 23.8 Å². The maximum Gasteiger partial charge on any atom is 0.341 e. The Labute approximate surface area is 174 Å². The molecule has 0 fully saturated rings. The number of ether oxygens (including phenoxy) is 3. The van der Waals surface area contributed by atoms with Crippen LogP contribution in [0.25, 0.3) is 11.3 Å². The van der Waals surface area contributed by atoms with Crippen LogP contribution >= 0.6 is 0 Å². The van der Waals surface area contributed by atoms with Gasteiger partial charge in [-0.3, -0.25) is 0 Å². The lowest BCUT2D eigenvalue weighted by Gasteiger charge is -2.13. The molecule has 30 heavy (non-hydrogen) atoms. The Kier molecular flexibility index (Phi) is 5.99. The second-order valence-electron chi connectivity index (χ2n) is 7.16. The topological polar surface area (TPSA) is 91.0 Å². The second-order valence-corrected chi connectivity index (χ2v) is 7.16. The molecule has 1 heterocycles. The van der Waals surface area contributed by atoms with Gasteiger partial charge in [0.2, 0.25) is 0 Å². The average Bonchev–Trinajstić information content (AvgIpc) is 3.42. The van der Waals surface area contributed by atoms with Crippen molar-refractivity contribution < 1.29 is 28.6 Å². The fourth-order valence-electron chi connectivity index (χ4n) is 3.65. The Balaban J connectivity index is 1.43. The average molecular weight is 409 g/mol. The summed E-state index contributed by atoms with van der Waals surface area (Å²) in [7, 11) is 1.67. The van der Waals surface area contributed by atoms with Gasteiger partial charge in [-0.1, -0.05) is 29.4 Å². The number of fused-ring (bicyclic) bond motifs is 1. The van der Waals surface area contributed by atoms with Crippen LogP contribution in [0.2, 0.25) is 0 Å². The van der Waals surface area contributed by atoms with Crippen LogP contribution in [0.1, 0.15) is 28.8 Å². The van der Waals surface area contributed by atoms with Crippen molar-refractivity contribution in [2.45, 2.75) is 32.5 Å². The number of hydrogen-bond acceptors (Lipinski definition) is 6. The van der Waals surface area contributed by atoms with Gasteiger partial charge in [0.1, 0.15) is 23.8 Å². The van der Waals surface area contributed by atoms with Crippen molar-refractivity contribution in [2.75, 3.05) is 13.7 Å². The van der Waals surface area contributed by atoms with Crippen molar-refractivity contribution in [1.82, 2.24) is 5.16 Å². The number of benzene rings is 2. The first-order chi connectivity index (χ1) is 14.6. The molecule has 3 aromatic rings. The second kappa shape index (κ2) is 9.00. The molecular formula is C23H23NO6. The molecule has 1 aliphatic carbocycles. The number of methoxy groups -OCH3 is 1. The van der Waals surface area contributed by atoms with E-state index in [-0.39, 0.29) is 13.2 Å². The summed E-state index contributed by atoms with van der Waals surface area (Å²) < 4.78 is 22.0. The Morgan fingerprint density at radius 3 is 2.40 bits per heavy atom. The van der Waals surface area contributed by atoms with Gasteiger partial charge < -0.3 is 23.8 Å². The van der Waals surface area contributed by atoms with E-state index in [9.17, 15) is 4.79 Å². The Hall–Kier alpha value is -3.32. The van der Waals surface area contributed by atoms with Crippen LogP contribution in [0.3, 0.4) is 0 Å². The molecule has 7 heteroatoms. The number of carboxylic acids is 1. The molecule has 1 N–H and O–H groups in total. The standard InChI is InChI=1S/C23H23NO6/c1-27-12-15-5-7-16(8-6-15)22-11-17(24-30-22)13-28-20-9-10-21(29-14-23(25)26)19-4-2-3-18(19)20/h5-11H,2-4,12-14H2,1H3,(H,25,26). The zero-order chi connectivity index (χ0) is 20.9. The van der Waals surface area contributed by atoms with Crippen LogP contribution in [0.4, 0.5) is 0 Å². The highest BCUT2D eigenvalue weighted by molar-refractivity contribution is 5.68. The molecule has 2 aromatic carbocycles. The molecular weight excluding hydrogens is 386 g/mol. The van der Waals surface area contributed by atoms with E-state index in [0.29, 0.717) is 23.8 Å². The monoisotopic (exact) mass is 409 g/mol. The van der Waals surface area contributed by atoms with E-state index < -0.39 is 5.97 Å². The van der Waals surface area contributed by atoms with Crippen LogP contribution in [0.15, 0.2) is 47.0 Å². The van der Waals surface area contributed by atoms with E-state index in [1.165, 1.54) is 0 Å². The van der Waals surface area contributed by atoms with E-state index >= 15 is 0 Å². The summed E-state index contributed by atoms with van der Waals surface area (Å²) >= 11 is 0. The predicted octanol–water partition coefficient (Wildman–Crippen LogP) is 4.02. The number of aromatic nitrogens is 1. The fourth-order valence-corrected chi connectivity index (χ4v) is 3.65. The molecule has 4 rings (SSSR count). The zero-order valence-corrected chi connectivity index (χ0v) is 16.7. The summed E-state index contributed by atoms with van der Waals surface area (Å²) in [6, 6.07) is 13.4. The van der Waals surface area contributed by atoms with Gasteiger partial charge in [-0.2, -0.15) is 0 Å². The molecule has 0 atom stereocenters. The maximum absolute atomic E-state index is 10.8. The smallest absolute Gasteiger partial charge is 0.341 e. The molecule has 0 saturated carbocycles. The first-order valence-corrected chi connectivity index (χ1v) is 9.80. The highest BCUT2D eigenvalue weighted by Gasteiger charge is 2.21. The number of carbonyl (C=O) groups is 1. The van der Waals surface area contributed by atoms with E-state index in [1.54, 1.807) is 13.2 Å². The normalized spacial score (nSPS) is 12.6. The quantitative estimate of drug-likeness (QED) is 0.571. The largest absolute Gasteiger partial charge is 0.487 e. The van der Waals surface area contributed by atoms with Gasteiger partial charge >= 0.3 is 5.97 Å². The van der Waals surface area contributed by atoms with Gasteiger partial charge in [0.15, 0.2) is 12.4 Å². The number of hydrogen-bond donors (Lipinski definition) is 1. The van der Waals surface area contributed by atoms with Crippen molar-refractivity contribution in [3.8, 4) is 22.8 Å². The molecule has 0 unspecified atom stereocenters. The molecule has 156 valence electrons. The van der Waals surface area contributed by atoms with E-state index in [1.807, 2.05) is 36.4 Å². The third-order valence-electron chi connectivity index (χ3n) is 5.03. The molecule has 1 aromatic heterocycles. The van der Waals surface area contributed by atoms with Crippen LogP contribution in [-0.4, -0.2) is 29.9 Å². The van der Waals surface area contributed by atoms with Crippen LogP contribution in [-0.2, 0) is 35.6 Å². The van der Waals surface area contributed by atoms with Crippen LogP contribution < -0.4 is 9.47 Å². The summed E-state index contributed by atoms with van der Waals surface area (Å²) in [6.07, 6.45) is 2.73. The van der Waals surface area contributed by atoms with Crippen molar-refractivity contribution in [2.24, 2.45) is 0 Å². The van der Waals surface area contributed by atoms with Gasteiger partial charge in [0.05, 0.1) is 6.61 Å². The molecule has 0 radical (unpaired) electrons. The molecule has 0 aliphatic heterocycles. The predicted molar refractivity (Wildman–Crippen MR) is 109 cm³/mol. The summed E-state index contributed by atoms with van der Waals surface area (Å²) in [5, 5.41) is 13.0. The molecule has 0 spiro atoms. The van der Waals surface area contributed by atoms with Crippen LogP contribution in [0.5, 0.6) is 11.5 Å². The maximum atomic E-state index is 10.8. The van der Waals surface area contributed by atoms with E-state index in [0.717, 1.165) is 47.3 Å². The van der Waals surface area contributed by atoms with Gasteiger partial charge in [-0.25, -0.2) is 4.79 Å². The van der Waals surface area contributed by atoms with Crippen molar-refractivity contribution >= 4 is 5.97 Å². The lowest BCUT2D eigenvalue weighted by Crippen LogP contribution is -2.10.